The summed E-state index contributed by atoms with van der Waals surface area (Å²) in [6.45, 7) is 0.318. The van der Waals surface area contributed by atoms with Crippen molar-refractivity contribution in [3.05, 3.63) is 58.1 Å². The highest BCUT2D eigenvalue weighted by atomic mass is 35.5. The number of anilines is 1. The largest absolute Gasteiger partial charge is 0.489 e. The Labute approximate surface area is 142 Å². The van der Waals surface area contributed by atoms with Crippen LogP contribution < -0.4 is 16.0 Å². The molecule has 0 bridgehead atoms. The number of rotatable bonds is 5. The summed E-state index contributed by atoms with van der Waals surface area (Å²) < 4.78 is 11.1. The normalized spacial score (nSPS) is 10.6. The lowest BCUT2D eigenvalue weighted by molar-refractivity contribution is 0.306. The number of aromatic nitrogens is 2. The molecule has 0 radical (unpaired) electrons. The molecule has 8 heteroatoms. The molecule has 0 saturated carbocycles. The molecule has 23 heavy (non-hydrogen) atoms. The maximum Gasteiger partial charge on any atom is 0.330 e. The molecule has 3 rings (SSSR count). The lowest BCUT2D eigenvalue weighted by Gasteiger charge is -2.08. The number of nitrogen functional groups attached to an aromatic ring is 1. The first-order chi connectivity index (χ1) is 11.2. The maximum absolute atomic E-state index is 6.13. The molecular weight excluding hydrogens is 339 g/mol. The van der Waals surface area contributed by atoms with Gasteiger partial charge < -0.3 is 9.15 Å². The van der Waals surface area contributed by atoms with E-state index in [0.29, 0.717) is 28.3 Å². The number of nitrogens with one attached hydrogen (secondary N) is 1. The smallest absolute Gasteiger partial charge is 0.330 e. The number of hydrogen-bond acceptors (Lipinski definition) is 6. The van der Waals surface area contributed by atoms with Gasteiger partial charge in [0.15, 0.2) is 0 Å². The monoisotopic (exact) mass is 350 g/mol. The van der Waals surface area contributed by atoms with Gasteiger partial charge in [-0.25, -0.2) is 5.84 Å². The Morgan fingerprint density at radius 3 is 2.74 bits per heavy atom. The van der Waals surface area contributed by atoms with Crippen LogP contribution in [0.25, 0.3) is 11.5 Å². The summed E-state index contributed by atoms with van der Waals surface area (Å²) in [5.41, 5.74) is 3.85. The Morgan fingerprint density at radius 1 is 1.13 bits per heavy atom. The molecular formula is C15H12Cl2N4O2. The molecule has 0 aliphatic carbocycles. The predicted octanol–water partition coefficient (Wildman–Crippen LogP) is 3.91. The van der Waals surface area contributed by atoms with Crippen molar-refractivity contribution in [1.82, 2.24) is 10.2 Å². The van der Waals surface area contributed by atoms with Crippen molar-refractivity contribution in [2.24, 2.45) is 5.84 Å². The Bertz CT molecular complexity index is 823. The van der Waals surface area contributed by atoms with Gasteiger partial charge in [0.05, 0.1) is 0 Å². The van der Waals surface area contributed by atoms with E-state index in [1.807, 2.05) is 24.3 Å². The van der Waals surface area contributed by atoms with E-state index in [1.165, 1.54) is 0 Å². The molecule has 118 valence electrons. The third-order valence-corrected chi connectivity index (χ3v) is 3.63. The van der Waals surface area contributed by atoms with Gasteiger partial charge in [0.2, 0.25) is 5.89 Å². The van der Waals surface area contributed by atoms with Crippen molar-refractivity contribution in [2.75, 3.05) is 5.43 Å². The molecule has 3 aromatic rings. The first-order valence-electron chi connectivity index (χ1n) is 6.63. The van der Waals surface area contributed by atoms with Crippen LogP contribution in [0, 0.1) is 0 Å². The SMILES string of the molecule is NNc1nnc(-c2cccc(OCc3ccc(Cl)cc3Cl)c2)o1. The van der Waals surface area contributed by atoms with Crippen molar-refractivity contribution in [1.29, 1.82) is 0 Å². The van der Waals surface area contributed by atoms with Crippen LogP contribution in [0.2, 0.25) is 10.0 Å². The molecule has 2 aromatic carbocycles. The molecule has 0 spiro atoms. The summed E-state index contributed by atoms with van der Waals surface area (Å²) in [5, 5.41) is 8.76. The molecule has 0 unspecified atom stereocenters. The summed E-state index contributed by atoms with van der Waals surface area (Å²) in [4.78, 5) is 0. The van der Waals surface area contributed by atoms with Gasteiger partial charge in [-0.05, 0) is 30.3 Å². The van der Waals surface area contributed by atoms with Crippen molar-refractivity contribution in [3.8, 4) is 17.2 Å². The van der Waals surface area contributed by atoms with Gasteiger partial charge in [0, 0.05) is 21.2 Å². The van der Waals surface area contributed by atoms with E-state index >= 15 is 0 Å². The van der Waals surface area contributed by atoms with E-state index in [1.54, 1.807) is 18.2 Å². The summed E-state index contributed by atoms with van der Waals surface area (Å²) in [5.74, 6) is 6.20. The van der Waals surface area contributed by atoms with Crippen molar-refractivity contribution >= 4 is 29.2 Å². The first kappa shape index (κ1) is 15.6. The third-order valence-electron chi connectivity index (χ3n) is 3.04. The second-order valence-corrected chi connectivity index (χ2v) is 5.45. The van der Waals surface area contributed by atoms with Gasteiger partial charge in [-0.1, -0.05) is 40.4 Å². The molecule has 0 atom stereocenters. The van der Waals surface area contributed by atoms with Gasteiger partial charge in [0.25, 0.3) is 0 Å². The second-order valence-electron chi connectivity index (χ2n) is 4.61. The minimum absolute atomic E-state index is 0.138. The predicted molar refractivity (Wildman–Crippen MR) is 88.3 cm³/mol. The Kier molecular flexibility index (Phi) is 4.66. The molecule has 1 heterocycles. The fourth-order valence-electron chi connectivity index (χ4n) is 1.92. The molecule has 0 aliphatic rings. The van der Waals surface area contributed by atoms with E-state index in [-0.39, 0.29) is 6.01 Å². The van der Waals surface area contributed by atoms with Crippen molar-refractivity contribution < 1.29 is 9.15 Å². The molecule has 0 amide bonds. The molecule has 0 aliphatic heterocycles. The van der Waals surface area contributed by atoms with Crippen LogP contribution in [0.5, 0.6) is 5.75 Å². The highest BCUT2D eigenvalue weighted by Crippen LogP contribution is 2.26. The Hall–Kier alpha value is -2.28. The minimum atomic E-state index is 0.138. The Balaban J connectivity index is 1.75. The lowest BCUT2D eigenvalue weighted by atomic mass is 10.2. The number of nitrogens with two attached hydrogens (primary N) is 1. The molecule has 1 aromatic heterocycles. The first-order valence-corrected chi connectivity index (χ1v) is 7.38. The van der Waals surface area contributed by atoms with Gasteiger partial charge in [-0.2, -0.15) is 0 Å². The van der Waals surface area contributed by atoms with Gasteiger partial charge in [-0.15, -0.1) is 5.10 Å². The zero-order chi connectivity index (χ0) is 16.2. The highest BCUT2D eigenvalue weighted by Gasteiger charge is 2.09. The molecule has 3 N–H and O–H groups in total. The standard InChI is InChI=1S/C15H12Cl2N4O2/c16-11-5-4-10(13(17)7-11)8-22-12-3-1-2-9(6-12)14-20-21-15(19-18)23-14/h1-7H,8,18H2,(H,19,21). The van der Waals surface area contributed by atoms with Crippen LogP contribution in [0.15, 0.2) is 46.9 Å². The number of halogens is 2. The summed E-state index contributed by atoms with van der Waals surface area (Å²) in [7, 11) is 0. The van der Waals surface area contributed by atoms with E-state index in [2.05, 4.69) is 15.6 Å². The van der Waals surface area contributed by atoms with E-state index in [9.17, 15) is 0 Å². The van der Waals surface area contributed by atoms with Gasteiger partial charge in [-0.3, -0.25) is 5.43 Å². The molecule has 0 fully saturated rings. The number of hydrazine groups is 1. The van der Waals surface area contributed by atoms with Crippen molar-refractivity contribution in [2.45, 2.75) is 6.61 Å². The summed E-state index contributed by atoms with van der Waals surface area (Å²) in [6.07, 6.45) is 0. The minimum Gasteiger partial charge on any atom is -0.489 e. The average molecular weight is 351 g/mol. The van der Waals surface area contributed by atoms with E-state index in [4.69, 9.17) is 38.2 Å². The molecule has 6 nitrogen and oxygen atoms in total. The average Bonchev–Trinajstić information content (AvgIpc) is 3.03. The fraction of sp³-hybridized carbons (Fsp3) is 0.0667. The second kappa shape index (κ2) is 6.87. The Morgan fingerprint density at radius 2 is 2.00 bits per heavy atom. The van der Waals surface area contributed by atoms with Crippen molar-refractivity contribution in [3.63, 3.8) is 0 Å². The number of nitrogens with zero attached hydrogens (tertiary/aromatic N) is 2. The summed E-state index contributed by atoms with van der Waals surface area (Å²) >= 11 is 12.0. The third kappa shape index (κ3) is 3.73. The summed E-state index contributed by atoms with van der Waals surface area (Å²) in [6, 6.07) is 12.7. The molecule has 0 saturated heterocycles. The topological polar surface area (TPSA) is 86.2 Å². The van der Waals surface area contributed by atoms with Crippen LogP contribution in [0.3, 0.4) is 0 Å². The van der Waals surface area contributed by atoms with Gasteiger partial charge >= 0.3 is 6.01 Å². The van der Waals surface area contributed by atoms with Gasteiger partial charge in [0.1, 0.15) is 12.4 Å². The zero-order valence-electron chi connectivity index (χ0n) is 11.8. The number of hydrogen-bond donors (Lipinski definition) is 2. The van der Waals surface area contributed by atoms with Crippen LogP contribution >= 0.6 is 23.2 Å². The van der Waals surface area contributed by atoms with E-state index in [0.717, 1.165) is 11.1 Å². The van der Waals surface area contributed by atoms with E-state index < -0.39 is 0 Å². The van der Waals surface area contributed by atoms with Crippen LogP contribution in [0.1, 0.15) is 5.56 Å². The fourth-order valence-corrected chi connectivity index (χ4v) is 2.38. The van der Waals surface area contributed by atoms with Crippen LogP contribution in [-0.4, -0.2) is 10.2 Å². The number of benzene rings is 2. The maximum atomic E-state index is 6.13. The lowest BCUT2D eigenvalue weighted by Crippen LogP contribution is -2.06. The number of ether oxygens (including phenoxy) is 1. The highest BCUT2D eigenvalue weighted by molar-refractivity contribution is 6.35. The zero-order valence-corrected chi connectivity index (χ0v) is 13.3. The van der Waals surface area contributed by atoms with Crippen LogP contribution in [0.4, 0.5) is 6.01 Å². The quantitative estimate of drug-likeness (QED) is 0.535. The van der Waals surface area contributed by atoms with Crippen LogP contribution in [-0.2, 0) is 6.61 Å².